The molecule has 1 fully saturated rings. The first-order valence-electron chi connectivity index (χ1n) is 8.05. The van der Waals surface area contributed by atoms with Crippen LogP contribution < -0.4 is 4.74 Å². The topological polar surface area (TPSA) is 53.1 Å². The Bertz CT molecular complexity index is 572. The molecule has 6 nitrogen and oxygen atoms in total. The molecule has 1 aromatic rings. The van der Waals surface area contributed by atoms with E-state index in [0.29, 0.717) is 39.1 Å². The van der Waals surface area contributed by atoms with Crippen molar-refractivity contribution >= 4 is 11.8 Å². The molecule has 0 saturated carbocycles. The van der Waals surface area contributed by atoms with Gasteiger partial charge in [0.25, 0.3) is 5.91 Å². The van der Waals surface area contributed by atoms with Crippen LogP contribution in [0, 0.1) is 5.82 Å². The Labute approximate surface area is 141 Å². The van der Waals surface area contributed by atoms with Crippen LogP contribution in [0.25, 0.3) is 0 Å². The highest BCUT2D eigenvalue weighted by Gasteiger charge is 2.24. The SMILES string of the molecule is CN(C)CCC(=O)N1CCN(C(=O)COc2ccccc2F)CC1. The highest BCUT2D eigenvalue weighted by Crippen LogP contribution is 2.15. The van der Waals surface area contributed by atoms with Crippen LogP contribution in [0.1, 0.15) is 6.42 Å². The second-order valence-electron chi connectivity index (χ2n) is 6.03. The van der Waals surface area contributed by atoms with Crippen LogP contribution in [0.15, 0.2) is 24.3 Å². The lowest BCUT2D eigenvalue weighted by molar-refractivity contribution is -0.140. The smallest absolute Gasteiger partial charge is 0.260 e. The van der Waals surface area contributed by atoms with Crippen molar-refractivity contribution < 1.29 is 18.7 Å². The molecule has 2 rings (SSSR count). The van der Waals surface area contributed by atoms with Gasteiger partial charge in [0.05, 0.1) is 0 Å². The fraction of sp³-hybridized carbons (Fsp3) is 0.529. The summed E-state index contributed by atoms with van der Waals surface area (Å²) >= 11 is 0. The molecular weight excluding hydrogens is 313 g/mol. The van der Waals surface area contributed by atoms with Crippen molar-refractivity contribution in [2.45, 2.75) is 6.42 Å². The first kappa shape index (κ1) is 18.2. The summed E-state index contributed by atoms with van der Waals surface area (Å²) in [5.41, 5.74) is 0. The number of hydrogen-bond donors (Lipinski definition) is 0. The molecule has 0 atom stereocenters. The molecule has 2 amide bonds. The van der Waals surface area contributed by atoms with E-state index in [4.69, 9.17) is 4.74 Å². The summed E-state index contributed by atoms with van der Waals surface area (Å²) in [4.78, 5) is 29.6. The molecular formula is C17H24FN3O3. The summed E-state index contributed by atoms with van der Waals surface area (Å²) in [6.07, 6.45) is 0.483. The van der Waals surface area contributed by atoms with Gasteiger partial charge >= 0.3 is 0 Å². The van der Waals surface area contributed by atoms with Crippen LogP contribution in [0.2, 0.25) is 0 Å². The van der Waals surface area contributed by atoms with E-state index in [9.17, 15) is 14.0 Å². The van der Waals surface area contributed by atoms with Crippen molar-refractivity contribution in [3.63, 3.8) is 0 Å². The molecule has 1 aliphatic rings. The molecule has 0 bridgehead atoms. The maximum absolute atomic E-state index is 13.5. The minimum Gasteiger partial charge on any atom is -0.481 e. The Hall–Kier alpha value is -2.15. The third-order valence-corrected chi connectivity index (χ3v) is 3.95. The molecule has 0 aromatic heterocycles. The van der Waals surface area contributed by atoms with Gasteiger partial charge in [-0.1, -0.05) is 12.1 Å². The molecule has 0 spiro atoms. The number of para-hydroxylation sites is 1. The van der Waals surface area contributed by atoms with Gasteiger partial charge in [-0.05, 0) is 26.2 Å². The van der Waals surface area contributed by atoms with E-state index in [1.807, 2.05) is 19.0 Å². The Morgan fingerprint density at radius 1 is 1.08 bits per heavy atom. The number of amides is 2. The number of halogens is 1. The van der Waals surface area contributed by atoms with Gasteiger partial charge in [-0.2, -0.15) is 0 Å². The van der Waals surface area contributed by atoms with Crippen molar-refractivity contribution in [1.82, 2.24) is 14.7 Å². The third-order valence-electron chi connectivity index (χ3n) is 3.95. The molecule has 7 heteroatoms. The van der Waals surface area contributed by atoms with Gasteiger partial charge in [0, 0.05) is 39.1 Å². The van der Waals surface area contributed by atoms with Crippen LogP contribution in [0.5, 0.6) is 5.75 Å². The lowest BCUT2D eigenvalue weighted by atomic mass is 10.2. The zero-order valence-corrected chi connectivity index (χ0v) is 14.2. The number of hydrogen-bond acceptors (Lipinski definition) is 4. The molecule has 132 valence electrons. The summed E-state index contributed by atoms with van der Waals surface area (Å²) in [6, 6.07) is 6.00. The molecule has 1 aliphatic heterocycles. The molecule has 0 aliphatic carbocycles. The van der Waals surface area contributed by atoms with Crippen molar-refractivity contribution in [1.29, 1.82) is 0 Å². The summed E-state index contributed by atoms with van der Waals surface area (Å²) < 4.78 is 18.7. The first-order chi connectivity index (χ1) is 11.5. The lowest BCUT2D eigenvalue weighted by Crippen LogP contribution is -2.51. The van der Waals surface area contributed by atoms with Crippen molar-refractivity contribution in [3.8, 4) is 5.75 Å². The molecule has 1 aromatic carbocycles. The van der Waals surface area contributed by atoms with E-state index in [2.05, 4.69) is 0 Å². The summed E-state index contributed by atoms with van der Waals surface area (Å²) in [6.45, 7) is 2.53. The lowest BCUT2D eigenvalue weighted by Gasteiger charge is -2.35. The van der Waals surface area contributed by atoms with E-state index in [1.54, 1.807) is 21.9 Å². The largest absolute Gasteiger partial charge is 0.481 e. The normalized spacial score (nSPS) is 14.8. The van der Waals surface area contributed by atoms with Gasteiger partial charge in [-0.15, -0.1) is 0 Å². The molecule has 24 heavy (non-hydrogen) atoms. The molecule has 0 unspecified atom stereocenters. The number of piperazine rings is 1. The highest BCUT2D eigenvalue weighted by atomic mass is 19.1. The fourth-order valence-electron chi connectivity index (χ4n) is 2.48. The quantitative estimate of drug-likeness (QED) is 0.771. The second-order valence-corrected chi connectivity index (χ2v) is 6.03. The molecule has 0 N–H and O–H groups in total. The standard InChI is InChI=1S/C17H24FN3O3/c1-19(2)8-7-16(22)20-9-11-21(12-10-20)17(23)13-24-15-6-4-3-5-14(15)18/h3-6H,7-13H2,1-2H3. The zero-order chi connectivity index (χ0) is 17.5. The minimum absolute atomic E-state index is 0.0725. The van der Waals surface area contributed by atoms with Crippen LogP contribution in [-0.2, 0) is 9.59 Å². The molecule has 1 heterocycles. The maximum atomic E-state index is 13.5. The number of carbonyl (C=O) groups is 2. The fourth-order valence-corrected chi connectivity index (χ4v) is 2.48. The average Bonchev–Trinajstić information content (AvgIpc) is 2.58. The highest BCUT2D eigenvalue weighted by molar-refractivity contribution is 5.79. The third kappa shape index (κ3) is 5.19. The number of ether oxygens (including phenoxy) is 1. The Morgan fingerprint density at radius 2 is 1.67 bits per heavy atom. The van der Waals surface area contributed by atoms with E-state index < -0.39 is 5.82 Å². The predicted octanol–water partition coefficient (Wildman–Crippen LogP) is 0.827. The minimum atomic E-state index is -0.485. The van der Waals surface area contributed by atoms with E-state index >= 15 is 0 Å². The first-order valence-corrected chi connectivity index (χ1v) is 8.05. The zero-order valence-electron chi connectivity index (χ0n) is 14.2. The summed E-state index contributed by atoms with van der Waals surface area (Å²) in [5, 5.41) is 0. The number of benzene rings is 1. The van der Waals surface area contributed by atoms with Gasteiger partial charge in [-0.3, -0.25) is 9.59 Å². The van der Waals surface area contributed by atoms with Crippen molar-refractivity contribution in [3.05, 3.63) is 30.1 Å². The van der Waals surface area contributed by atoms with Crippen molar-refractivity contribution in [2.75, 3.05) is 53.4 Å². The second kappa shape index (κ2) is 8.63. The monoisotopic (exact) mass is 337 g/mol. The van der Waals surface area contributed by atoms with Gasteiger partial charge in [0.1, 0.15) is 0 Å². The van der Waals surface area contributed by atoms with Gasteiger partial charge in [0.2, 0.25) is 5.91 Å². The van der Waals surface area contributed by atoms with E-state index in [0.717, 1.165) is 0 Å². The molecule has 0 radical (unpaired) electrons. The maximum Gasteiger partial charge on any atom is 0.260 e. The Morgan fingerprint density at radius 3 is 2.25 bits per heavy atom. The molecule has 1 saturated heterocycles. The van der Waals surface area contributed by atoms with E-state index in [1.165, 1.54) is 12.1 Å². The predicted molar refractivity (Wildman–Crippen MR) is 88.2 cm³/mol. The van der Waals surface area contributed by atoms with E-state index in [-0.39, 0.29) is 24.2 Å². The van der Waals surface area contributed by atoms with Crippen LogP contribution in [0.3, 0.4) is 0 Å². The number of nitrogens with zero attached hydrogens (tertiary/aromatic N) is 3. The Balaban J connectivity index is 1.74. The van der Waals surface area contributed by atoms with Crippen LogP contribution >= 0.6 is 0 Å². The van der Waals surface area contributed by atoms with Crippen molar-refractivity contribution in [2.24, 2.45) is 0 Å². The van der Waals surface area contributed by atoms with Gasteiger partial charge in [0.15, 0.2) is 18.2 Å². The van der Waals surface area contributed by atoms with Gasteiger partial charge < -0.3 is 19.4 Å². The Kier molecular flexibility index (Phi) is 6.54. The van der Waals surface area contributed by atoms with Crippen LogP contribution in [0.4, 0.5) is 4.39 Å². The van der Waals surface area contributed by atoms with Gasteiger partial charge in [-0.25, -0.2) is 4.39 Å². The average molecular weight is 337 g/mol. The summed E-state index contributed by atoms with van der Waals surface area (Å²) in [5.74, 6) is -0.498. The number of carbonyl (C=O) groups excluding carboxylic acids is 2. The summed E-state index contributed by atoms with van der Waals surface area (Å²) in [7, 11) is 3.86. The van der Waals surface area contributed by atoms with Crippen LogP contribution in [-0.4, -0.2) is 79.9 Å². The number of rotatable bonds is 6.